The Labute approximate surface area is 151 Å². The monoisotopic (exact) mass is 347 g/mol. The van der Waals surface area contributed by atoms with E-state index in [1.807, 2.05) is 24.3 Å². The van der Waals surface area contributed by atoms with Crippen LogP contribution in [-0.2, 0) is 0 Å². The number of rotatable bonds is 5. The smallest absolute Gasteiger partial charge is 0.154 e. The molecule has 0 aliphatic carbocycles. The van der Waals surface area contributed by atoms with E-state index in [-0.39, 0.29) is 0 Å². The van der Waals surface area contributed by atoms with Crippen LogP contribution in [-0.4, -0.2) is 26.4 Å². The maximum absolute atomic E-state index is 7.54. The van der Waals surface area contributed by atoms with Crippen molar-refractivity contribution in [3.05, 3.63) is 53.5 Å². The van der Waals surface area contributed by atoms with Crippen molar-refractivity contribution in [2.45, 2.75) is 26.7 Å². The van der Waals surface area contributed by atoms with Crippen LogP contribution in [0.3, 0.4) is 0 Å². The van der Waals surface area contributed by atoms with Gasteiger partial charge in [0, 0.05) is 29.2 Å². The van der Waals surface area contributed by atoms with Crippen LogP contribution in [0.1, 0.15) is 37.8 Å². The van der Waals surface area contributed by atoms with E-state index in [2.05, 4.69) is 39.3 Å². The quantitative estimate of drug-likeness (QED) is 0.607. The molecule has 0 saturated heterocycles. The molecule has 0 fully saturated rings. The minimum atomic E-state index is 0.369. The van der Waals surface area contributed by atoms with E-state index in [1.165, 1.54) is 6.21 Å². The molecular formula is C19H21N7. The highest BCUT2D eigenvalue weighted by atomic mass is 15.2. The molecule has 3 heterocycles. The Bertz CT molecular complexity index is 988. The van der Waals surface area contributed by atoms with Gasteiger partial charge in [-0.1, -0.05) is 13.8 Å². The first kappa shape index (κ1) is 17.5. The number of anilines is 2. The Kier molecular flexibility index (Phi) is 4.88. The van der Waals surface area contributed by atoms with Gasteiger partial charge in [-0.05, 0) is 42.7 Å². The van der Waals surface area contributed by atoms with Crippen LogP contribution in [0.25, 0.3) is 16.6 Å². The lowest BCUT2D eigenvalue weighted by atomic mass is 10.1. The number of nitrogens with two attached hydrogens (primary N) is 1. The van der Waals surface area contributed by atoms with Gasteiger partial charge in [-0.2, -0.15) is 5.10 Å². The fourth-order valence-corrected chi connectivity index (χ4v) is 2.54. The summed E-state index contributed by atoms with van der Waals surface area (Å²) in [6.45, 7) is 5.97. The molecule has 0 amide bonds. The van der Waals surface area contributed by atoms with E-state index in [9.17, 15) is 0 Å². The summed E-state index contributed by atoms with van der Waals surface area (Å²) in [4.78, 5) is 9.01. The molecule has 0 spiro atoms. The summed E-state index contributed by atoms with van der Waals surface area (Å²) in [7, 11) is 0. The summed E-state index contributed by atoms with van der Waals surface area (Å²) in [6.07, 6.45) is 4.69. The Morgan fingerprint density at radius 2 is 1.96 bits per heavy atom. The van der Waals surface area contributed by atoms with E-state index >= 15 is 0 Å². The molecule has 0 unspecified atom stereocenters. The summed E-state index contributed by atoms with van der Waals surface area (Å²) in [5.74, 6) is 1.66. The highest BCUT2D eigenvalue weighted by molar-refractivity contribution is 6.09. The van der Waals surface area contributed by atoms with E-state index < -0.39 is 0 Å². The van der Waals surface area contributed by atoms with E-state index in [4.69, 9.17) is 11.1 Å². The number of aromatic nitrogens is 4. The van der Waals surface area contributed by atoms with Gasteiger partial charge in [-0.15, -0.1) is 5.10 Å². The van der Waals surface area contributed by atoms with Gasteiger partial charge in [0.2, 0.25) is 0 Å². The zero-order valence-corrected chi connectivity index (χ0v) is 15.0. The third-order valence-corrected chi connectivity index (χ3v) is 4.02. The molecule has 0 aliphatic rings. The van der Waals surface area contributed by atoms with Gasteiger partial charge in [0.25, 0.3) is 0 Å². The summed E-state index contributed by atoms with van der Waals surface area (Å²) in [5.41, 5.74) is 10.4. The lowest BCUT2D eigenvalue weighted by Crippen LogP contribution is -2.01. The predicted molar refractivity (Wildman–Crippen MR) is 105 cm³/mol. The molecule has 4 N–H and O–H groups in total. The van der Waals surface area contributed by atoms with E-state index in [0.717, 1.165) is 16.6 Å². The standard InChI is InChI=1S/C19H21N7/c1-11(2)13-7-19(26-23-10-13)25-18-5-4-16-17(24-18)6-14(9-22-16)15(8-20)12(3)21/h4-11,20H,21H2,1-3H3,(H,24,25,26). The molecular weight excluding hydrogens is 326 g/mol. The Morgan fingerprint density at radius 3 is 2.65 bits per heavy atom. The SMILES string of the molecule is CC(N)=C(C=N)c1cnc2ccc(Nc3cc(C(C)C)cnn3)nc2c1. The second kappa shape index (κ2) is 7.26. The molecule has 0 saturated carbocycles. The van der Waals surface area contributed by atoms with Crippen LogP contribution >= 0.6 is 0 Å². The average molecular weight is 347 g/mol. The molecule has 0 radical (unpaired) electrons. The number of fused-ring (bicyclic) bond motifs is 1. The van der Waals surface area contributed by atoms with Crippen molar-refractivity contribution in [2.75, 3.05) is 5.32 Å². The summed E-state index contributed by atoms with van der Waals surface area (Å²) >= 11 is 0. The molecule has 3 aromatic rings. The van der Waals surface area contributed by atoms with E-state index in [1.54, 1.807) is 19.3 Å². The van der Waals surface area contributed by atoms with Gasteiger partial charge >= 0.3 is 0 Å². The van der Waals surface area contributed by atoms with Crippen molar-refractivity contribution < 1.29 is 0 Å². The van der Waals surface area contributed by atoms with Gasteiger partial charge in [0.1, 0.15) is 5.82 Å². The van der Waals surface area contributed by atoms with Crippen LogP contribution in [0.15, 0.2) is 42.4 Å². The normalized spacial score (nSPS) is 12.2. The maximum Gasteiger partial charge on any atom is 0.154 e. The first-order valence-corrected chi connectivity index (χ1v) is 8.31. The molecule has 3 rings (SSSR count). The topological polar surface area (TPSA) is 113 Å². The molecule has 0 aliphatic heterocycles. The van der Waals surface area contributed by atoms with Crippen molar-refractivity contribution in [3.63, 3.8) is 0 Å². The first-order valence-electron chi connectivity index (χ1n) is 8.31. The summed E-state index contributed by atoms with van der Waals surface area (Å²) in [6, 6.07) is 7.57. The minimum Gasteiger partial charge on any atom is -0.402 e. The summed E-state index contributed by atoms with van der Waals surface area (Å²) in [5, 5.41) is 18.9. The number of pyridine rings is 2. The summed E-state index contributed by atoms with van der Waals surface area (Å²) < 4.78 is 0. The maximum atomic E-state index is 7.54. The number of nitrogens with one attached hydrogen (secondary N) is 2. The molecule has 7 nitrogen and oxygen atoms in total. The third kappa shape index (κ3) is 3.66. The molecule has 0 atom stereocenters. The highest BCUT2D eigenvalue weighted by Crippen LogP contribution is 2.22. The Balaban J connectivity index is 1.97. The predicted octanol–water partition coefficient (Wildman–Crippen LogP) is 3.63. The second-order valence-electron chi connectivity index (χ2n) is 6.35. The first-order chi connectivity index (χ1) is 12.5. The fourth-order valence-electron chi connectivity index (χ4n) is 2.54. The van der Waals surface area contributed by atoms with Crippen molar-refractivity contribution in [1.29, 1.82) is 5.41 Å². The fraction of sp³-hybridized carbons (Fsp3) is 0.211. The van der Waals surface area contributed by atoms with Gasteiger partial charge in [0.05, 0.1) is 17.2 Å². The zero-order valence-electron chi connectivity index (χ0n) is 15.0. The molecule has 132 valence electrons. The molecule has 7 heteroatoms. The second-order valence-corrected chi connectivity index (χ2v) is 6.35. The van der Waals surface area contributed by atoms with Crippen molar-refractivity contribution in [3.8, 4) is 0 Å². The highest BCUT2D eigenvalue weighted by Gasteiger charge is 2.07. The number of nitrogens with zero attached hydrogens (tertiary/aromatic N) is 4. The van der Waals surface area contributed by atoms with Crippen LogP contribution in [0, 0.1) is 5.41 Å². The van der Waals surface area contributed by atoms with Gasteiger partial charge < -0.3 is 16.5 Å². The molecule has 0 aromatic carbocycles. The molecule has 26 heavy (non-hydrogen) atoms. The zero-order chi connectivity index (χ0) is 18.7. The van der Waals surface area contributed by atoms with Crippen LogP contribution in [0.4, 0.5) is 11.6 Å². The van der Waals surface area contributed by atoms with E-state index in [0.29, 0.717) is 34.3 Å². The van der Waals surface area contributed by atoms with Crippen LogP contribution < -0.4 is 11.1 Å². The lowest BCUT2D eigenvalue weighted by Gasteiger charge is -2.09. The van der Waals surface area contributed by atoms with Crippen molar-refractivity contribution in [2.24, 2.45) is 5.73 Å². The minimum absolute atomic E-state index is 0.369. The largest absolute Gasteiger partial charge is 0.402 e. The molecule has 0 bridgehead atoms. The van der Waals surface area contributed by atoms with Gasteiger partial charge in [-0.3, -0.25) is 4.98 Å². The van der Waals surface area contributed by atoms with Crippen LogP contribution in [0.2, 0.25) is 0 Å². The average Bonchev–Trinajstić information content (AvgIpc) is 2.62. The Hall–Kier alpha value is -3.35. The van der Waals surface area contributed by atoms with Crippen molar-refractivity contribution in [1.82, 2.24) is 20.2 Å². The number of hydrogen-bond acceptors (Lipinski definition) is 7. The van der Waals surface area contributed by atoms with Crippen molar-refractivity contribution >= 4 is 34.5 Å². The lowest BCUT2D eigenvalue weighted by molar-refractivity contribution is 0.843. The van der Waals surface area contributed by atoms with Crippen LogP contribution in [0.5, 0.6) is 0 Å². The van der Waals surface area contributed by atoms with Gasteiger partial charge in [0.15, 0.2) is 5.82 Å². The third-order valence-electron chi connectivity index (χ3n) is 4.02. The number of allylic oxidation sites excluding steroid dienone is 2. The molecule has 3 aromatic heterocycles. The van der Waals surface area contributed by atoms with Gasteiger partial charge in [-0.25, -0.2) is 4.98 Å². The Morgan fingerprint density at radius 1 is 1.15 bits per heavy atom. The number of hydrogen-bond donors (Lipinski definition) is 3.